The molecule has 1 aromatic heterocycles. The van der Waals surface area contributed by atoms with E-state index in [-0.39, 0.29) is 25.4 Å². The minimum absolute atomic E-state index is 0. The number of hydrogen-bond acceptors (Lipinski definition) is 5. The lowest BCUT2D eigenvalue weighted by Gasteiger charge is -2.37. The van der Waals surface area contributed by atoms with Gasteiger partial charge in [0.15, 0.2) is 0 Å². The van der Waals surface area contributed by atoms with E-state index in [1.165, 1.54) is 11.0 Å². The summed E-state index contributed by atoms with van der Waals surface area (Å²) >= 11 is 0. The second-order valence-electron chi connectivity index (χ2n) is 10.7. The van der Waals surface area contributed by atoms with Crippen molar-refractivity contribution in [3.8, 4) is 11.1 Å². The summed E-state index contributed by atoms with van der Waals surface area (Å²) in [5, 5.41) is 3.72. The zero-order chi connectivity index (χ0) is 30.5. The molecule has 2 amide bonds. The van der Waals surface area contributed by atoms with Crippen LogP contribution in [0.15, 0.2) is 128 Å². The summed E-state index contributed by atoms with van der Waals surface area (Å²) in [6.45, 7) is 0.221. The van der Waals surface area contributed by atoms with Gasteiger partial charge < -0.3 is 15.8 Å². The number of rotatable bonds is 10. The first-order valence-electron chi connectivity index (χ1n) is 14.4. The van der Waals surface area contributed by atoms with E-state index in [1.54, 1.807) is 18.3 Å². The van der Waals surface area contributed by atoms with E-state index in [0.29, 0.717) is 29.1 Å². The molecule has 6 rings (SSSR count). The second-order valence-corrected chi connectivity index (χ2v) is 10.7. The maximum Gasteiger partial charge on any atom is 0.414 e. The van der Waals surface area contributed by atoms with Crippen molar-refractivity contribution in [3.05, 3.63) is 150 Å². The first kappa shape index (κ1) is 31.2. The van der Waals surface area contributed by atoms with Crippen LogP contribution in [0.5, 0.6) is 0 Å². The lowest BCUT2D eigenvalue weighted by molar-refractivity contribution is -0.118. The number of ether oxygens (including phenoxy) is 1. The zero-order valence-corrected chi connectivity index (χ0v) is 25.1. The molecule has 1 aliphatic rings. The molecular formula is C36H32ClFN4O3. The summed E-state index contributed by atoms with van der Waals surface area (Å²) in [7, 11) is 0. The average Bonchev–Trinajstić information content (AvgIpc) is 3.44. The van der Waals surface area contributed by atoms with Crippen LogP contribution >= 0.6 is 12.4 Å². The van der Waals surface area contributed by atoms with E-state index >= 15 is 4.39 Å². The van der Waals surface area contributed by atoms with Crippen molar-refractivity contribution in [2.75, 3.05) is 16.8 Å². The van der Waals surface area contributed by atoms with Crippen LogP contribution in [0.4, 0.5) is 20.7 Å². The van der Waals surface area contributed by atoms with Gasteiger partial charge in [-0.2, -0.15) is 0 Å². The third-order valence-electron chi connectivity index (χ3n) is 7.86. The molecule has 4 aromatic carbocycles. The molecule has 9 heteroatoms. The molecule has 2 heterocycles. The lowest BCUT2D eigenvalue weighted by Crippen LogP contribution is -2.38. The number of carbonyl (C=O) groups is 2. The van der Waals surface area contributed by atoms with E-state index in [2.05, 4.69) is 41.7 Å². The Hall–Kier alpha value is -5.21. The molecule has 45 heavy (non-hydrogen) atoms. The van der Waals surface area contributed by atoms with Crippen LogP contribution < -0.4 is 16.0 Å². The van der Waals surface area contributed by atoms with E-state index < -0.39 is 29.5 Å². The van der Waals surface area contributed by atoms with Gasteiger partial charge in [-0.05, 0) is 53.4 Å². The number of carbonyl (C=O) groups excluding carboxylic acids is 2. The predicted octanol–water partition coefficient (Wildman–Crippen LogP) is 7.30. The number of nitrogens with one attached hydrogen (secondary N) is 1. The molecule has 228 valence electrons. The molecule has 0 aliphatic carbocycles. The fourth-order valence-corrected chi connectivity index (χ4v) is 5.69. The lowest BCUT2D eigenvalue weighted by atomic mass is 9.77. The summed E-state index contributed by atoms with van der Waals surface area (Å²) in [5.74, 6) is -0.342. The predicted molar refractivity (Wildman–Crippen MR) is 176 cm³/mol. The summed E-state index contributed by atoms with van der Waals surface area (Å²) in [5.41, 5.74) is 8.92. The van der Waals surface area contributed by atoms with Crippen molar-refractivity contribution in [2.45, 2.75) is 24.5 Å². The minimum atomic E-state index is -0.745. The third-order valence-corrected chi connectivity index (χ3v) is 7.86. The Morgan fingerprint density at radius 1 is 0.889 bits per heavy atom. The van der Waals surface area contributed by atoms with Crippen molar-refractivity contribution in [1.82, 2.24) is 4.98 Å². The van der Waals surface area contributed by atoms with E-state index in [1.807, 2.05) is 66.7 Å². The quantitative estimate of drug-likeness (QED) is 0.159. The monoisotopic (exact) mass is 622 g/mol. The molecule has 0 radical (unpaired) electrons. The van der Waals surface area contributed by atoms with Crippen molar-refractivity contribution in [2.24, 2.45) is 5.73 Å². The SMILES string of the molecule is Cl.NC(=O)CCC1CN(c2ccc(-c3ccc(NC(c4ccccc4)(c4ccccc4)c4ccccc4)nc3)c(F)c2)C(=O)O1. The van der Waals surface area contributed by atoms with E-state index in [4.69, 9.17) is 15.5 Å². The number of benzene rings is 4. The Balaban J connectivity index is 0.00000400. The van der Waals surface area contributed by atoms with Crippen molar-refractivity contribution < 1.29 is 18.7 Å². The standard InChI is InChI=1S/C36H31FN4O3.ClH/c37-32-22-29(41-24-30(44-35(41)43)18-20-33(38)42)17-19-31(32)25-16-21-34(39-23-25)40-36(26-10-4-1-5-11-26,27-12-6-2-7-13-27)28-14-8-3-9-15-28;/h1-17,19,21-23,30H,18,20,24H2,(H2,38,42)(H,39,40);1H. The highest BCUT2D eigenvalue weighted by Crippen LogP contribution is 2.40. The van der Waals surface area contributed by atoms with E-state index in [9.17, 15) is 9.59 Å². The highest BCUT2D eigenvalue weighted by Gasteiger charge is 2.37. The van der Waals surface area contributed by atoms with Gasteiger partial charge in [0.2, 0.25) is 5.91 Å². The van der Waals surface area contributed by atoms with Gasteiger partial charge in [-0.3, -0.25) is 9.69 Å². The van der Waals surface area contributed by atoms with Crippen LogP contribution in [0.2, 0.25) is 0 Å². The molecule has 5 aromatic rings. The average molecular weight is 623 g/mol. The normalized spacial score (nSPS) is 14.4. The Labute approximate surface area is 267 Å². The molecule has 1 saturated heterocycles. The summed E-state index contributed by atoms with van der Waals surface area (Å²) in [6, 6.07) is 38.9. The summed E-state index contributed by atoms with van der Waals surface area (Å²) in [6.07, 6.45) is 1.01. The molecule has 0 spiro atoms. The Kier molecular flexibility index (Phi) is 9.45. The molecular weight excluding hydrogens is 591 g/mol. The summed E-state index contributed by atoms with van der Waals surface area (Å²) < 4.78 is 20.7. The van der Waals surface area contributed by atoms with Gasteiger partial charge in [0, 0.05) is 23.7 Å². The first-order chi connectivity index (χ1) is 21.4. The van der Waals surface area contributed by atoms with Crippen LogP contribution in [0.25, 0.3) is 11.1 Å². The van der Waals surface area contributed by atoms with Gasteiger partial charge in [0.1, 0.15) is 23.3 Å². The number of pyridine rings is 1. The van der Waals surface area contributed by atoms with Crippen LogP contribution in [0, 0.1) is 5.82 Å². The van der Waals surface area contributed by atoms with Crippen LogP contribution in [-0.2, 0) is 15.1 Å². The zero-order valence-electron chi connectivity index (χ0n) is 24.3. The first-order valence-corrected chi connectivity index (χ1v) is 14.4. The maximum atomic E-state index is 15.4. The largest absolute Gasteiger partial charge is 0.444 e. The third kappa shape index (κ3) is 6.51. The Morgan fingerprint density at radius 2 is 1.47 bits per heavy atom. The van der Waals surface area contributed by atoms with Crippen molar-refractivity contribution in [3.63, 3.8) is 0 Å². The number of nitrogens with zero attached hydrogens (tertiary/aromatic N) is 2. The molecule has 0 bridgehead atoms. The molecule has 1 aliphatic heterocycles. The smallest absolute Gasteiger partial charge is 0.414 e. The molecule has 1 unspecified atom stereocenters. The van der Waals surface area contributed by atoms with Crippen LogP contribution in [0.1, 0.15) is 29.5 Å². The number of primary amides is 1. The summed E-state index contributed by atoms with van der Waals surface area (Å²) in [4.78, 5) is 29.6. The molecule has 7 nitrogen and oxygen atoms in total. The number of aromatic nitrogens is 1. The highest BCUT2D eigenvalue weighted by molar-refractivity contribution is 5.90. The van der Waals surface area contributed by atoms with Crippen molar-refractivity contribution in [1.29, 1.82) is 0 Å². The van der Waals surface area contributed by atoms with Gasteiger partial charge in [-0.25, -0.2) is 14.2 Å². The van der Waals surface area contributed by atoms with Gasteiger partial charge in [-0.15, -0.1) is 12.4 Å². The van der Waals surface area contributed by atoms with Gasteiger partial charge in [-0.1, -0.05) is 91.0 Å². The minimum Gasteiger partial charge on any atom is -0.444 e. The Morgan fingerprint density at radius 3 is 1.96 bits per heavy atom. The van der Waals surface area contributed by atoms with Crippen LogP contribution in [-0.4, -0.2) is 29.6 Å². The maximum absolute atomic E-state index is 15.4. The number of halogens is 2. The van der Waals surface area contributed by atoms with E-state index in [0.717, 1.165) is 16.7 Å². The van der Waals surface area contributed by atoms with Gasteiger partial charge in [0.25, 0.3) is 0 Å². The van der Waals surface area contributed by atoms with Gasteiger partial charge >= 0.3 is 6.09 Å². The fourth-order valence-electron chi connectivity index (χ4n) is 5.69. The number of nitrogens with two attached hydrogens (primary N) is 1. The molecule has 1 atom stereocenters. The number of anilines is 2. The van der Waals surface area contributed by atoms with Crippen LogP contribution in [0.3, 0.4) is 0 Å². The number of amides is 2. The molecule has 3 N–H and O–H groups in total. The Bertz CT molecular complexity index is 1660. The molecule has 1 fully saturated rings. The van der Waals surface area contributed by atoms with Crippen molar-refractivity contribution >= 4 is 35.9 Å². The number of cyclic esters (lactones) is 1. The highest BCUT2D eigenvalue weighted by atomic mass is 35.5. The second kappa shape index (κ2) is 13.6. The number of hydrogen-bond donors (Lipinski definition) is 2. The molecule has 0 saturated carbocycles. The topological polar surface area (TPSA) is 97.5 Å². The van der Waals surface area contributed by atoms with Gasteiger partial charge in [0.05, 0.1) is 12.2 Å². The fraction of sp³-hybridized carbons (Fsp3) is 0.139.